The smallest absolute Gasteiger partial charge is 0.221 e. The molecule has 0 unspecified atom stereocenters. The topological polar surface area (TPSA) is 17.1 Å². The Morgan fingerprint density at radius 2 is 1.31 bits per heavy atom. The fourth-order valence-corrected chi connectivity index (χ4v) is 1.92. The van der Waals surface area contributed by atoms with E-state index < -0.39 is 0 Å². The van der Waals surface area contributed by atoms with E-state index in [1.54, 1.807) is 0 Å². The van der Waals surface area contributed by atoms with Crippen molar-refractivity contribution in [2.24, 2.45) is 0 Å². The van der Waals surface area contributed by atoms with Crippen LogP contribution in [0, 0.1) is 0 Å². The minimum Gasteiger partial charge on any atom is -0.281 e. The molecule has 0 rings (SSSR count). The Bertz CT molecular complexity index is 178. The van der Waals surface area contributed by atoms with Crippen LogP contribution < -0.4 is 0 Å². The first-order valence-corrected chi connectivity index (χ1v) is 6.94. The van der Waals surface area contributed by atoms with Crippen molar-refractivity contribution in [3.8, 4) is 0 Å². The first-order chi connectivity index (χ1) is 7.77. The van der Waals surface area contributed by atoms with Gasteiger partial charge in [-0.2, -0.15) is 0 Å². The van der Waals surface area contributed by atoms with E-state index in [-0.39, 0.29) is 5.24 Å². The number of allylic oxidation sites excluding steroid dienone is 1. The highest BCUT2D eigenvalue weighted by Crippen LogP contribution is 2.11. The third kappa shape index (κ3) is 13.7. The van der Waals surface area contributed by atoms with Crippen LogP contribution in [0.15, 0.2) is 12.7 Å². The van der Waals surface area contributed by atoms with Gasteiger partial charge in [0, 0.05) is 6.42 Å². The van der Waals surface area contributed by atoms with Crippen LogP contribution in [-0.2, 0) is 4.79 Å². The number of hydrogen-bond donors (Lipinski definition) is 0. The summed E-state index contributed by atoms with van der Waals surface area (Å²) in [7, 11) is 0. The predicted octanol–water partition coefficient (Wildman–Crippen LogP) is 5.23. The monoisotopic (exact) mass is 244 g/mol. The minimum atomic E-state index is -0.192. The molecule has 0 N–H and O–H groups in total. The summed E-state index contributed by atoms with van der Waals surface area (Å²) in [6, 6.07) is 0. The van der Waals surface area contributed by atoms with Gasteiger partial charge >= 0.3 is 0 Å². The Hall–Kier alpha value is -0.300. The van der Waals surface area contributed by atoms with Gasteiger partial charge in [0.15, 0.2) is 0 Å². The Balaban J connectivity index is 2.93. The third-order valence-electron chi connectivity index (χ3n) is 2.78. The largest absolute Gasteiger partial charge is 0.281 e. The summed E-state index contributed by atoms with van der Waals surface area (Å²) in [5.41, 5.74) is 0. The van der Waals surface area contributed by atoms with Crippen LogP contribution in [0.4, 0.5) is 0 Å². The highest BCUT2D eigenvalue weighted by molar-refractivity contribution is 6.63. The number of halogens is 1. The lowest BCUT2D eigenvalue weighted by atomic mass is 10.1. The maximum atomic E-state index is 10.5. The van der Waals surface area contributed by atoms with E-state index in [9.17, 15) is 4.79 Å². The standard InChI is InChI=1S/C14H25ClO/c1-2-3-4-5-6-7-8-9-10-11-12-13-14(15)16/h2H,1,3-13H2. The first-order valence-electron chi connectivity index (χ1n) is 6.56. The van der Waals surface area contributed by atoms with E-state index in [4.69, 9.17) is 11.6 Å². The number of hydrogen-bond acceptors (Lipinski definition) is 1. The van der Waals surface area contributed by atoms with Gasteiger partial charge in [0.05, 0.1) is 0 Å². The van der Waals surface area contributed by atoms with Crippen molar-refractivity contribution >= 4 is 16.8 Å². The summed E-state index contributed by atoms with van der Waals surface area (Å²) in [4.78, 5) is 10.5. The molecule has 0 saturated heterocycles. The van der Waals surface area contributed by atoms with Crippen LogP contribution in [0.2, 0.25) is 0 Å². The van der Waals surface area contributed by atoms with Gasteiger partial charge in [0.2, 0.25) is 5.24 Å². The molecular weight excluding hydrogens is 220 g/mol. The number of carbonyl (C=O) groups excluding carboxylic acids is 1. The maximum absolute atomic E-state index is 10.5. The summed E-state index contributed by atoms with van der Waals surface area (Å²) in [6.45, 7) is 3.72. The number of carbonyl (C=O) groups is 1. The summed E-state index contributed by atoms with van der Waals surface area (Å²) >= 11 is 5.25. The quantitative estimate of drug-likeness (QED) is 0.261. The van der Waals surface area contributed by atoms with E-state index in [2.05, 4.69) is 6.58 Å². The lowest BCUT2D eigenvalue weighted by Gasteiger charge is -2.01. The summed E-state index contributed by atoms with van der Waals surface area (Å²) < 4.78 is 0. The Morgan fingerprint density at radius 3 is 1.75 bits per heavy atom. The molecule has 0 aliphatic rings. The number of unbranched alkanes of at least 4 members (excludes halogenated alkanes) is 9. The molecule has 0 amide bonds. The summed E-state index contributed by atoms with van der Waals surface area (Å²) in [6.07, 6.45) is 15.0. The normalized spacial score (nSPS) is 10.3. The van der Waals surface area contributed by atoms with Crippen molar-refractivity contribution in [2.75, 3.05) is 0 Å². The molecule has 0 aliphatic heterocycles. The molecule has 0 bridgehead atoms. The fourth-order valence-electron chi connectivity index (χ4n) is 1.79. The van der Waals surface area contributed by atoms with E-state index in [0.717, 1.165) is 19.3 Å². The molecule has 0 aromatic rings. The average molecular weight is 245 g/mol. The van der Waals surface area contributed by atoms with Gasteiger partial charge in [-0.1, -0.05) is 51.0 Å². The summed E-state index contributed by atoms with van der Waals surface area (Å²) in [5.74, 6) is 0. The molecule has 0 aromatic carbocycles. The van der Waals surface area contributed by atoms with Crippen molar-refractivity contribution in [3.05, 3.63) is 12.7 Å². The molecule has 0 fully saturated rings. The molecule has 0 saturated carbocycles. The molecule has 0 aromatic heterocycles. The second-order valence-electron chi connectivity index (χ2n) is 4.36. The van der Waals surface area contributed by atoms with E-state index >= 15 is 0 Å². The number of rotatable bonds is 12. The van der Waals surface area contributed by atoms with Gasteiger partial charge in [-0.15, -0.1) is 6.58 Å². The maximum Gasteiger partial charge on any atom is 0.221 e. The minimum absolute atomic E-state index is 0.192. The van der Waals surface area contributed by atoms with E-state index in [1.807, 2.05) is 6.08 Å². The van der Waals surface area contributed by atoms with Gasteiger partial charge in [-0.3, -0.25) is 4.79 Å². The zero-order valence-corrected chi connectivity index (χ0v) is 11.1. The molecule has 1 nitrogen and oxygen atoms in total. The Morgan fingerprint density at radius 1 is 0.875 bits per heavy atom. The first kappa shape index (κ1) is 15.7. The van der Waals surface area contributed by atoms with Gasteiger partial charge in [-0.25, -0.2) is 0 Å². The second-order valence-corrected chi connectivity index (χ2v) is 4.79. The molecule has 0 atom stereocenters. The molecular formula is C14H25ClO. The van der Waals surface area contributed by atoms with Crippen molar-refractivity contribution in [1.82, 2.24) is 0 Å². The average Bonchev–Trinajstić information content (AvgIpc) is 2.25. The lowest BCUT2D eigenvalue weighted by molar-refractivity contribution is -0.111. The second kappa shape index (κ2) is 12.8. The van der Waals surface area contributed by atoms with Gasteiger partial charge in [-0.05, 0) is 30.9 Å². The van der Waals surface area contributed by atoms with Crippen molar-refractivity contribution in [3.63, 3.8) is 0 Å². The van der Waals surface area contributed by atoms with Crippen molar-refractivity contribution in [2.45, 2.75) is 70.6 Å². The van der Waals surface area contributed by atoms with Crippen LogP contribution in [-0.4, -0.2) is 5.24 Å². The molecule has 2 heteroatoms. The van der Waals surface area contributed by atoms with Crippen molar-refractivity contribution < 1.29 is 4.79 Å². The van der Waals surface area contributed by atoms with Crippen molar-refractivity contribution in [1.29, 1.82) is 0 Å². The Labute approximate surface area is 105 Å². The summed E-state index contributed by atoms with van der Waals surface area (Å²) in [5, 5.41) is -0.192. The lowest BCUT2D eigenvalue weighted by Crippen LogP contribution is -1.86. The molecule has 16 heavy (non-hydrogen) atoms. The predicted molar refractivity (Wildman–Crippen MR) is 71.8 cm³/mol. The van der Waals surface area contributed by atoms with Gasteiger partial charge in [0.1, 0.15) is 0 Å². The molecule has 0 radical (unpaired) electrons. The van der Waals surface area contributed by atoms with Crippen LogP contribution in [0.25, 0.3) is 0 Å². The van der Waals surface area contributed by atoms with Crippen LogP contribution in [0.1, 0.15) is 70.6 Å². The van der Waals surface area contributed by atoms with Gasteiger partial charge < -0.3 is 0 Å². The van der Waals surface area contributed by atoms with E-state index in [0.29, 0.717) is 6.42 Å². The zero-order valence-electron chi connectivity index (χ0n) is 10.3. The third-order valence-corrected chi connectivity index (χ3v) is 2.97. The highest BCUT2D eigenvalue weighted by Gasteiger charge is 1.96. The zero-order chi connectivity index (χ0) is 12.1. The Kier molecular flexibility index (Phi) is 12.5. The highest BCUT2D eigenvalue weighted by atomic mass is 35.5. The van der Waals surface area contributed by atoms with E-state index in [1.165, 1.54) is 44.9 Å². The van der Waals surface area contributed by atoms with Gasteiger partial charge in [0.25, 0.3) is 0 Å². The fraction of sp³-hybridized carbons (Fsp3) is 0.786. The van der Waals surface area contributed by atoms with Crippen LogP contribution in [0.5, 0.6) is 0 Å². The molecule has 0 spiro atoms. The van der Waals surface area contributed by atoms with Crippen LogP contribution in [0.3, 0.4) is 0 Å². The SMILES string of the molecule is C=CCCCCCCCCCCCC(=O)Cl. The molecule has 0 aliphatic carbocycles. The molecule has 0 heterocycles. The van der Waals surface area contributed by atoms with Crippen LogP contribution >= 0.6 is 11.6 Å². The molecule has 94 valence electrons.